The summed E-state index contributed by atoms with van der Waals surface area (Å²) in [4.78, 5) is 39.6. The molecule has 1 aliphatic carbocycles. The molecule has 5 nitrogen and oxygen atoms in total. The van der Waals surface area contributed by atoms with Crippen LogP contribution in [0, 0.1) is 17.7 Å². The topological polar surface area (TPSA) is 57.7 Å². The Bertz CT molecular complexity index is 1050. The lowest BCUT2D eigenvalue weighted by Crippen LogP contribution is -2.50. The zero-order chi connectivity index (χ0) is 21.4. The Morgan fingerprint density at radius 1 is 1.10 bits per heavy atom. The summed E-state index contributed by atoms with van der Waals surface area (Å²) in [6, 6.07) is 12.1. The van der Waals surface area contributed by atoms with Gasteiger partial charge in [-0.25, -0.2) is 9.40 Å². The van der Waals surface area contributed by atoms with Crippen molar-refractivity contribution in [1.29, 1.82) is 0 Å². The minimum atomic E-state index is -0.569. The molecular weight excluding hydrogens is 407 g/mol. The molecule has 4 rings (SSSR count). The van der Waals surface area contributed by atoms with Crippen LogP contribution in [0.2, 0.25) is 5.02 Å². The van der Waals surface area contributed by atoms with Crippen molar-refractivity contribution in [2.75, 3.05) is 0 Å². The van der Waals surface area contributed by atoms with Crippen molar-refractivity contribution in [2.24, 2.45) is 11.8 Å². The van der Waals surface area contributed by atoms with Gasteiger partial charge in [0.15, 0.2) is 0 Å². The third-order valence-electron chi connectivity index (χ3n) is 5.64. The molecule has 7 heteroatoms. The molecule has 2 atom stereocenters. The first-order valence-corrected chi connectivity index (χ1v) is 10.1. The number of rotatable bonds is 4. The highest BCUT2D eigenvalue weighted by Gasteiger charge is 2.51. The predicted octanol–water partition coefficient (Wildman–Crippen LogP) is 4.38. The van der Waals surface area contributed by atoms with Gasteiger partial charge in [0.05, 0.1) is 18.4 Å². The number of nitrogens with zero attached hydrogens (tertiary/aromatic N) is 2. The van der Waals surface area contributed by atoms with Crippen LogP contribution in [0.3, 0.4) is 0 Å². The smallest absolute Gasteiger partial charge is 0.272 e. The Hall–Kier alpha value is -2.99. The first-order chi connectivity index (χ1) is 14.4. The summed E-state index contributed by atoms with van der Waals surface area (Å²) in [6.45, 7) is 1.68. The summed E-state index contributed by atoms with van der Waals surface area (Å²) >= 11 is 5.92. The average molecular weight is 427 g/mol. The van der Waals surface area contributed by atoms with Gasteiger partial charge < -0.3 is 0 Å². The van der Waals surface area contributed by atoms with Gasteiger partial charge in [-0.2, -0.15) is 5.01 Å². The van der Waals surface area contributed by atoms with Crippen molar-refractivity contribution in [2.45, 2.75) is 26.3 Å². The summed E-state index contributed by atoms with van der Waals surface area (Å²) in [6.07, 6.45) is 2.90. The minimum absolute atomic E-state index is 0.213. The van der Waals surface area contributed by atoms with Gasteiger partial charge in [0.2, 0.25) is 0 Å². The first-order valence-electron chi connectivity index (χ1n) is 9.71. The molecule has 0 bridgehead atoms. The van der Waals surface area contributed by atoms with Crippen LogP contribution in [0.15, 0.2) is 60.2 Å². The quantitative estimate of drug-likeness (QED) is 0.538. The molecule has 0 spiro atoms. The van der Waals surface area contributed by atoms with Gasteiger partial charge >= 0.3 is 0 Å². The number of halogens is 2. The predicted molar refractivity (Wildman–Crippen MR) is 110 cm³/mol. The number of hydrazine groups is 1. The monoisotopic (exact) mass is 426 g/mol. The third kappa shape index (κ3) is 3.63. The normalized spacial score (nSPS) is 20.8. The molecule has 1 heterocycles. The first kappa shape index (κ1) is 20.3. The van der Waals surface area contributed by atoms with E-state index in [1.54, 1.807) is 24.3 Å². The zero-order valence-electron chi connectivity index (χ0n) is 16.3. The van der Waals surface area contributed by atoms with Gasteiger partial charge in [-0.05, 0) is 50.1 Å². The van der Waals surface area contributed by atoms with E-state index in [4.69, 9.17) is 11.6 Å². The van der Waals surface area contributed by atoms with Crippen LogP contribution in [0.25, 0.3) is 0 Å². The molecular formula is C23H20ClFN2O3. The molecule has 0 N–H and O–H groups in total. The van der Waals surface area contributed by atoms with Gasteiger partial charge in [-0.1, -0.05) is 41.4 Å². The van der Waals surface area contributed by atoms with Crippen LogP contribution < -0.4 is 0 Å². The van der Waals surface area contributed by atoms with E-state index >= 15 is 0 Å². The second-order valence-electron chi connectivity index (χ2n) is 7.65. The van der Waals surface area contributed by atoms with Crippen LogP contribution in [0.4, 0.5) is 4.39 Å². The van der Waals surface area contributed by atoms with Crippen LogP contribution in [-0.4, -0.2) is 27.7 Å². The SMILES string of the molecule is CC1=CC[C@H]2C(=O)N(N(Cc3ccccc3F)C(=O)c3ccc(Cl)cc3)C(=O)[C@@H]2C1. The summed E-state index contributed by atoms with van der Waals surface area (Å²) < 4.78 is 14.3. The number of fused-ring (bicyclic) bond motifs is 1. The molecule has 1 aliphatic heterocycles. The highest BCUT2D eigenvalue weighted by molar-refractivity contribution is 6.30. The second-order valence-corrected chi connectivity index (χ2v) is 8.09. The fraction of sp³-hybridized carbons (Fsp3) is 0.261. The highest BCUT2D eigenvalue weighted by Crippen LogP contribution is 2.39. The van der Waals surface area contributed by atoms with Gasteiger partial charge in [0.25, 0.3) is 17.7 Å². The number of amides is 3. The summed E-state index contributed by atoms with van der Waals surface area (Å²) in [5.74, 6) is -2.92. The number of carbonyl (C=O) groups is 3. The molecule has 2 aliphatic rings. The van der Waals surface area contributed by atoms with Gasteiger partial charge in [0, 0.05) is 16.1 Å². The van der Waals surface area contributed by atoms with Crippen molar-refractivity contribution in [3.05, 3.63) is 82.1 Å². The maximum Gasteiger partial charge on any atom is 0.273 e. The standard InChI is InChI=1S/C23H20ClFN2O3/c1-14-6-11-18-19(12-14)23(30)27(22(18)29)26(13-16-4-2-3-5-20(16)25)21(28)15-7-9-17(24)10-8-15/h2-10,18-19H,11-13H2,1H3/t18-,19-/m1/s1. The Morgan fingerprint density at radius 3 is 2.47 bits per heavy atom. The van der Waals surface area contributed by atoms with Gasteiger partial charge in [0.1, 0.15) is 5.82 Å². The number of allylic oxidation sites excluding steroid dienone is 2. The van der Waals surface area contributed by atoms with E-state index in [1.807, 2.05) is 13.0 Å². The largest absolute Gasteiger partial charge is 0.273 e. The zero-order valence-corrected chi connectivity index (χ0v) is 17.1. The van der Waals surface area contributed by atoms with E-state index in [0.717, 1.165) is 15.6 Å². The van der Waals surface area contributed by atoms with Crippen molar-refractivity contribution < 1.29 is 18.8 Å². The summed E-state index contributed by atoms with van der Waals surface area (Å²) in [5.41, 5.74) is 1.51. The molecule has 3 amide bonds. The van der Waals surface area contributed by atoms with Crippen LogP contribution in [-0.2, 0) is 16.1 Å². The maximum absolute atomic E-state index is 14.3. The van der Waals surface area contributed by atoms with Crippen LogP contribution in [0.5, 0.6) is 0 Å². The van der Waals surface area contributed by atoms with E-state index in [9.17, 15) is 18.8 Å². The number of hydrogen-bond donors (Lipinski definition) is 0. The van der Waals surface area contributed by atoms with Gasteiger partial charge in [-0.15, -0.1) is 0 Å². The number of benzene rings is 2. The van der Waals surface area contributed by atoms with E-state index in [0.29, 0.717) is 17.9 Å². The minimum Gasteiger partial charge on any atom is -0.272 e. The van der Waals surface area contributed by atoms with E-state index in [2.05, 4.69) is 0 Å². The van der Waals surface area contributed by atoms with Crippen molar-refractivity contribution in [1.82, 2.24) is 10.0 Å². The van der Waals surface area contributed by atoms with Crippen molar-refractivity contribution in [3.8, 4) is 0 Å². The van der Waals surface area contributed by atoms with Gasteiger partial charge in [-0.3, -0.25) is 14.4 Å². The third-order valence-corrected chi connectivity index (χ3v) is 5.90. The Morgan fingerprint density at radius 2 is 1.77 bits per heavy atom. The Balaban J connectivity index is 1.72. The van der Waals surface area contributed by atoms with Crippen molar-refractivity contribution in [3.63, 3.8) is 0 Å². The molecule has 2 aromatic carbocycles. The molecule has 0 aromatic heterocycles. The summed E-state index contributed by atoms with van der Waals surface area (Å²) in [5, 5.41) is 2.43. The summed E-state index contributed by atoms with van der Waals surface area (Å²) in [7, 11) is 0. The fourth-order valence-electron chi connectivity index (χ4n) is 4.02. The van der Waals surface area contributed by atoms with E-state index in [1.165, 1.54) is 24.3 Å². The van der Waals surface area contributed by atoms with Crippen LogP contribution in [0.1, 0.15) is 35.7 Å². The Kier molecular flexibility index (Phi) is 5.43. The van der Waals surface area contributed by atoms with E-state index in [-0.39, 0.29) is 17.7 Å². The molecule has 0 unspecified atom stereocenters. The Labute approximate surface area is 178 Å². The molecule has 2 aromatic rings. The molecule has 30 heavy (non-hydrogen) atoms. The second kappa shape index (κ2) is 8.03. The fourth-order valence-corrected chi connectivity index (χ4v) is 4.15. The van der Waals surface area contributed by atoms with Crippen molar-refractivity contribution >= 4 is 29.3 Å². The molecule has 0 saturated carbocycles. The molecule has 1 fully saturated rings. The lowest BCUT2D eigenvalue weighted by Gasteiger charge is -2.30. The highest BCUT2D eigenvalue weighted by atomic mass is 35.5. The molecule has 0 radical (unpaired) electrons. The van der Waals surface area contributed by atoms with E-state index < -0.39 is 35.4 Å². The lowest BCUT2D eigenvalue weighted by atomic mass is 9.82. The molecule has 1 saturated heterocycles. The number of hydrogen-bond acceptors (Lipinski definition) is 3. The average Bonchev–Trinajstić information content (AvgIpc) is 2.97. The number of imide groups is 1. The molecule has 154 valence electrons. The van der Waals surface area contributed by atoms with Crippen LogP contribution >= 0.6 is 11.6 Å². The number of carbonyl (C=O) groups excluding carboxylic acids is 3. The lowest BCUT2D eigenvalue weighted by molar-refractivity contribution is -0.155. The maximum atomic E-state index is 14.3.